The smallest absolute Gasteiger partial charge is 0.313 e. The first kappa shape index (κ1) is 21.8. The Morgan fingerprint density at radius 3 is 2.47 bits per heavy atom. The summed E-state index contributed by atoms with van der Waals surface area (Å²) >= 11 is 7.26. The second kappa shape index (κ2) is 9.73. The van der Waals surface area contributed by atoms with Gasteiger partial charge in [0.1, 0.15) is 0 Å². The number of thioether (sulfide) groups is 1. The SMILES string of the molecule is O=C(O/N=C/c1ccnc(SCc2ccc(Cl)cc2)n1)c1ccc(C(F)(F)F)cc1. The summed E-state index contributed by atoms with van der Waals surface area (Å²) in [6, 6.07) is 12.6. The van der Waals surface area contributed by atoms with Crippen molar-refractivity contribution in [1.82, 2.24) is 9.97 Å². The molecule has 0 atom stereocenters. The highest BCUT2D eigenvalue weighted by Crippen LogP contribution is 2.29. The maximum Gasteiger partial charge on any atom is 0.416 e. The molecule has 0 saturated carbocycles. The third kappa shape index (κ3) is 6.30. The van der Waals surface area contributed by atoms with E-state index < -0.39 is 17.7 Å². The Morgan fingerprint density at radius 1 is 1.10 bits per heavy atom. The molecule has 0 aliphatic rings. The largest absolute Gasteiger partial charge is 0.416 e. The molecule has 1 aromatic heterocycles. The van der Waals surface area contributed by atoms with Crippen molar-refractivity contribution in [2.24, 2.45) is 5.16 Å². The van der Waals surface area contributed by atoms with Crippen LogP contribution in [0.25, 0.3) is 0 Å². The lowest BCUT2D eigenvalue weighted by Crippen LogP contribution is -2.06. The Hall–Kier alpha value is -2.91. The van der Waals surface area contributed by atoms with Crippen LogP contribution >= 0.6 is 23.4 Å². The number of benzene rings is 2. The molecular formula is C20H13ClF3N3O2S. The molecule has 0 N–H and O–H groups in total. The highest BCUT2D eigenvalue weighted by Gasteiger charge is 2.30. The van der Waals surface area contributed by atoms with Crippen molar-refractivity contribution in [2.45, 2.75) is 17.1 Å². The van der Waals surface area contributed by atoms with Gasteiger partial charge in [-0.25, -0.2) is 14.8 Å². The molecule has 3 rings (SSSR count). The molecule has 0 aliphatic heterocycles. The number of aromatic nitrogens is 2. The molecule has 0 fully saturated rings. The minimum absolute atomic E-state index is 0.0537. The lowest BCUT2D eigenvalue weighted by molar-refractivity contribution is -0.137. The first-order valence-corrected chi connectivity index (χ1v) is 9.80. The molecule has 0 aliphatic carbocycles. The predicted octanol–water partition coefficient (Wildman–Crippen LogP) is 5.63. The molecule has 30 heavy (non-hydrogen) atoms. The molecule has 0 radical (unpaired) electrons. The second-order valence-electron chi connectivity index (χ2n) is 5.87. The molecule has 0 amide bonds. The zero-order chi connectivity index (χ0) is 21.6. The number of nitrogens with zero attached hydrogens (tertiary/aromatic N) is 3. The van der Waals surface area contributed by atoms with Crippen LogP contribution in [0.5, 0.6) is 0 Å². The average molecular weight is 452 g/mol. The van der Waals surface area contributed by atoms with Gasteiger partial charge in [0.05, 0.1) is 23.0 Å². The molecule has 2 aromatic carbocycles. The molecule has 0 spiro atoms. The van der Waals surface area contributed by atoms with Gasteiger partial charge in [0.25, 0.3) is 0 Å². The molecular weight excluding hydrogens is 439 g/mol. The van der Waals surface area contributed by atoms with E-state index in [1.54, 1.807) is 18.2 Å². The first-order valence-electron chi connectivity index (χ1n) is 8.43. The van der Waals surface area contributed by atoms with Crippen LogP contribution < -0.4 is 0 Å². The Morgan fingerprint density at radius 2 is 1.80 bits per heavy atom. The fourth-order valence-corrected chi connectivity index (χ4v) is 3.12. The van der Waals surface area contributed by atoms with E-state index in [4.69, 9.17) is 16.4 Å². The maximum absolute atomic E-state index is 12.6. The van der Waals surface area contributed by atoms with E-state index in [1.165, 1.54) is 24.2 Å². The number of carbonyl (C=O) groups is 1. The van der Waals surface area contributed by atoms with E-state index in [1.807, 2.05) is 12.1 Å². The third-order valence-corrected chi connectivity index (χ3v) is 4.89. The van der Waals surface area contributed by atoms with Gasteiger partial charge in [0.2, 0.25) is 0 Å². The van der Waals surface area contributed by atoms with Crippen molar-refractivity contribution in [2.75, 3.05) is 0 Å². The number of halogens is 4. The van der Waals surface area contributed by atoms with Gasteiger partial charge in [-0.3, -0.25) is 0 Å². The van der Waals surface area contributed by atoms with Crippen LogP contribution in [0.15, 0.2) is 71.1 Å². The molecule has 0 unspecified atom stereocenters. The molecule has 1 heterocycles. The molecule has 5 nitrogen and oxygen atoms in total. The van der Waals surface area contributed by atoms with Crippen molar-refractivity contribution in [3.05, 3.63) is 88.2 Å². The van der Waals surface area contributed by atoms with E-state index >= 15 is 0 Å². The van der Waals surface area contributed by atoms with Gasteiger partial charge >= 0.3 is 12.1 Å². The number of carbonyl (C=O) groups excluding carboxylic acids is 1. The number of alkyl halides is 3. The molecule has 0 bridgehead atoms. The van der Waals surface area contributed by atoms with E-state index in [2.05, 4.69) is 15.1 Å². The number of rotatable bonds is 6. The van der Waals surface area contributed by atoms with Crippen LogP contribution in [0.4, 0.5) is 13.2 Å². The predicted molar refractivity (Wildman–Crippen MR) is 107 cm³/mol. The van der Waals surface area contributed by atoms with Crippen LogP contribution in [-0.4, -0.2) is 22.2 Å². The average Bonchev–Trinajstić information content (AvgIpc) is 2.73. The van der Waals surface area contributed by atoms with E-state index in [9.17, 15) is 18.0 Å². The second-order valence-corrected chi connectivity index (χ2v) is 7.25. The van der Waals surface area contributed by atoms with Crippen molar-refractivity contribution < 1.29 is 22.8 Å². The zero-order valence-electron chi connectivity index (χ0n) is 15.1. The topological polar surface area (TPSA) is 64.4 Å². The van der Waals surface area contributed by atoms with Crippen LogP contribution in [0.2, 0.25) is 5.02 Å². The normalized spacial score (nSPS) is 11.6. The molecule has 0 saturated heterocycles. The monoisotopic (exact) mass is 451 g/mol. The first-order chi connectivity index (χ1) is 14.3. The van der Waals surface area contributed by atoms with Crippen molar-refractivity contribution in [1.29, 1.82) is 0 Å². The van der Waals surface area contributed by atoms with Gasteiger partial charge in [-0.15, -0.1) is 0 Å². The maximum atomic E-state index is 12.6. The standard InChI is InChI=1S/C20H13ClF3N3O2S/c21-16-7-1-13(2-8-16)12-30-19-25-10-9-17(27-19)11-26-29-18(28)14-3-5-15(6-4-14)20(22,23)24/h1-11H,12H2/b26-11+. The summed E-state index contributed by atoms with van der Waals surface area (Å²) in [5.74, 6) is -0.243. The molecule has 3 aromatic rings. The summed E-state index contributed by atoms with van der Waals surface area (Å²) in [5.41, 5.74) is 0.551. The van der Waals surface area contributed by atoms with E-state index in [0.29, 0.717) is 21.6 Å². The van der Waals surface area contributed by atoms with Gasteiger partial charge in [-0.1, -0.05) is 40.7 Å². The van der Waals surface area contributed by atoms with E-state index in [0.717, 1.165) is 29.8 Å². The molecule has 10 heteroatoms. The summed E-state index contributed by atoms with van der Waals surface area (Å²) in [4.78, 5) is 25.0. The lowest BCUT2D eigenvalue weighted by Gasteiger charge is -2.06. The minimum atomic E-state index is -4.48. The fourth-order valence-electron chi connectivity index (χ4n) is 2.20. The van der Waals surface area contributed by atoms with Crippen LogP contribution in [-0.2, 0) is 16.8 Å². The highest BCUT2D eigenvalue weighted by atomic mass is 35.5. The summed E-state index contributed by atoms with van der Waals surface area (Å²) in [6.07, 6.45) is -1.72. The minimum Gasteiger partial charge on any atom is -0.313 e. The number of hydrogen-bond donors (Lipinski definition) is 0. The van der Waals surface area contributed by atoms with Gasteiger partial charge in [0.15, 0.2) is 5.16 Å². The van der Waals surface area contributed by atoms with E-state index in [-0.39, 0.29) is 5.56 Å². The number of oxime groups is 1. The third-order valence-electron chi connectivity index (χ3n) is 3.70. The van der Waals surface area contributed by atoms with Gasteiger partial charge in [0, 0.05) is 17.0 Å². The Kier molecular flexibility index (Phi) is 7.07. The van der Waals surface area contributed by atoms with Gasteiger partial charge in [-0.2, -0.15) is 13.2 Å². The molecule has 154 valence electrons. The Labute approximate surface area is 178 Å². The number of hydrogen-bond acceptors (Lipinski definition) is 6. The van der Waals surface area contributed by atoms with Crippen molar-refractivity contribution in [3.63, 3.8) is 0 Å². The Bertz CT molecular complexity index is 1040. The van der Waals surface area contributed by atoms with Crippen LogP contribution in [0.3, 0.4) is 0 Å². The summed E-state index contributed by atoms with van der Waals surface area (Å²) in [7, 11) is 0. The van der Waals surface area contributed by atoms with Crippen LogP contribution in [0.1, 0.15) is 27.2 Å². The summed E-state index contributed by atoms with van der Waals surface area (Å²) in [6.45, 7) is 0. The van der Waals surface area contributed by atoms with Crippen molar-refractivity contribution in [3.8, 4) is 0 Å². The van der Waals surface area contributed by atoms with Gasteiger partial charge in [-0.05, 0) is 48.0 Å². The summed E-state index contributed by atoms with van der Waals surface area (Å²) < 4.78 is 37.7. The highest BCUT2D eigenvalue weighted by molar-refractivity contribution is 7.98. The van der Waals surface area contributed by atoms with Gasteiger partial charge < -0.3 is 4.84 Å². The fraction of sp³-hybridized carbons (Fsp3) is 0.100. The summed E-state index contributed by atoms with van der Waals surface area (Å²) in [5, 5.41) is 4.71. The van der Waals surface area contributed by atoms with Crippen LogP contribution in [0, 0.1) is 0 Å². The lowest BCUT2D eigenvalue weighted by atomic mass is 10.1. The van der Waals surface area contributed by atoms with Crippen molar-refractivity contribution >= 4 is 35.5 Å². The quantitative estimate of drug-likeness (QED) is 0.160. The zero-order valence-corrected chi connectivity index (χ0v) is 16.7. The Balaban J connectivity index is 1.56.